The molecule has 1 aliphatic heterocycles. The first kappa shape index (κ1) is 25.6. The van der Waals surface area contributed by atoms with Crippen molar-refractivity contribution in [3.63, 3.8) is 0 Å². The third kappa shape index (κ3) is 5.96. The number of aromatic nitrogens is 2. The lowest BCUT2D eigenvalue weighted by Crippen LogP contribution is -2.14. The number of fused-ring (bicyclic) bond motifs is 1. The molecule has 0 unspecified atom stereocenters. The van der Waals surface area contributed by atoms with Gasteiger partial charge in [-0.3, -0.25) is 0 Å². The number of carbonyl (C=O) groups excluding carboxylic acids is 2. The van der Waals surface area contributed by atoms with Gasteiger partial charge in [0.1, 0.15) is 11.4 Å². The third-order valence-corrected chi connectivity index (χ3v) is 5.25. The Hall–Kier alpha value is -2.70. The monoisotopic (exact) mass is 478 g/mol. The van der Waals surface area contributed by atoms with Crippen molar-refractivity contribution in [1.29, 1.82) is 0 Å². The summed E-state index contributed by atoms with van der Waals surface area (Å²) in [5, 5.41) is 0.859. The third-order valence-electron chi connectivity index (χ3n) is 4.68. The van der Waals surface area contributed by atoms with Crippen LogP contribution in [0.5, 0.6) is 0 Å². The Morgan fingerprint density at radius 1 is 1.06 bits per heavy atom. The van der Waals surface area contributed by atoms with Crippen LogP contribution in [0.15, 0.2) is 37.4 Å². The molecule has 32 heavy (non-hydrogen) atoms. The van der Waals surface area contributed by atoms with Crippen LogP contribution in [0.3, 0.4) is 0 Å². The number of allylic oxidation sites excluding steroid dienone is 2. The Labute approximate surface area is 198 Å². The van der Waals surface area contributed by atoms with E-state index in [-0.39, 0.29) is 5.97 Å². The van der Waals surface area contributed by atoms with Gasteiger partial charge in [-0.15, -0.1) is 6.58 Å². The largest absolute Gasteiger partial charge is 0.461 e. The molecule has 6 nitrogen and oxygen atoms in total. The van der Waals surface area contributed by atoms with Gasteiger partial charge in [0.2, 0.25) is 0 Å². The van der Waals surface area contributed by atoms with Crippen LogP contribution in [0.25, 0.3) is 12.2 Å². The minimum Gasteiger partial charge on any atom is -0.461 e. The van der Waals surface area contributed by atoms with Gasteiger partial charge in [0.05, 0.1) is 23.3 Å². The van der Waals surface area contributed by atoms with E-state index in [9.17, 15) is 9.59 Å². The number of nitrogens with zero attached hydrogens (tertiary/aromatic N) is 2. The highest BCUT2D eigenvalue weighted by atomic mass is 35.5. The van der Waals surface area contributed by atoms with Gasteiger partial charge in [0, 0.05) is 24.5 Å². The zero-order valence-corrected chi connectivity index (χ0v) is 19.9. The average Bonchev–Trinajstić information content (AvgIpc) is 3.28. The Balaban J connectivity index is 0.000000228. The van der Waals surface area contributed by atoms with E-state index in [1.54, 1.807) is 42.7 Å². The van der Waals surface area contributed by atoms with E-state index < -0.39 is 5.97 Å². The molecule has 0 radical (unpaired) electrons. The van der Waals surface area contributed by atoms with Crippen molar-refractivity contribution in [2.75, 3.05) is 13.2 Å². The van der Waals surface area contributed by atoms with E-state index >= 15 is 0 Å². The molecular formula is C24H28Cl2N2O4. The van der Waals surface area contributed by atoms with Gasteiger partial charge in [-0.25, -0.2) is 9.59 Å². The van der Waals surface area contributed by atoms with Crippen molar-refractivity contribution in [1.82, 2.24) is 9.13 Å². The maximum atomic E-state index is 11.8. The summed E-state index contributed by atoms with van der Waals surface area (Å²) < 4.78 is 13.7. The summed E-state index contributed by atoms with van der Waals surface area (Å²) in [6.45, 7) is 13.0. The van der Waals surface area contributed by atoms with Crippen LogP contribution in [0.4, 0.5) is 0 Å². The van der Waals surface area contributed by atoms with Crippen LogP contribution < -0.4 is 0 Å². The van der Waals surface area contributed by atoms with Crippen molar-refractivity contribution in [3.8, 4) is 0 Å². The van der Waals surface area contributed by atoms with E-state index in [2.05, 4.69) is 19.2 Å². The normalized spacial score (nSPS) is 11.8. The van der Waals surface area contributed by atoms with E-state index in [1.807, 2.05) is 10.6 Å². The molecule has 3 heterocycles. The molecule has 0 aromatic carbocycles. The molecule has 0 fully saturated rings. The number of hydrogen-bond acceptors (Lipinski definition) is 4. The summed E-state index contributed by atoms with van der Waals surface area (Å²) in [6, 6.07) is 3.51. The Morgan fingerprint density at radius 2 is 1.69 bits per heavy atom. The van der Waals surface area contributed by atoms with Gasteiger partial charge in [-0.1, -0.05) is 41.9 Å². The van der Waals surface area contributed by atoms with Crippen molar-refractivity contribution in [3.05, 3.63) is 70.3 Å². The highest BCUT2D eigenvalue weighted by Gasteiger charge is 2.21. The zero-order valence-electron chi connectivity index (χ0n) is 18.4. The van der Waals surface area contributed by atoms with Crippen LogP contribution in [0.2, 0.25) is 10.0 Å². The predicted octanol–water partition coefficient (Wildman–Crippen LogP) is 6.27. The highest BCUT2D eigenvalue weighted by Crippen LogP contribution is 2.26. The second kappa shape index (κ2) is 12.4. The fourth-order valence-electron chi connectivity index (χ4n) is 3.30. The molecule has 0 amide bonds. The molecule has 0 spiro atoms. The van der Waals surface area contributed by atoms with Crippen molar-refractivity contribution in [2.45, 2.75) is 39.8 Å². The van der Waals surface area contributed by atoms with Crippen LogP contribution in [-0.4, -0.2) is 34.3 Å². The summed E-state index contributed by atoms with van der Waals surface area (Å²) >= 11 is 12.1. The van der Waals surface area contributed by atoms with Crippen LogP contribution in [0.1, 0.15) is 59.1 Å². The maximum Gasteiger partial charge on any atom is 0.356 e. The number of halogens is 2. The Bertz CT molecular complexity index is 1020. The quantitative estimate of drug-likeness (QED) is 0.331. The molecule has 0 N–H and O–H groups in total. The number of carbonyl (C=O) groups is 2. The smallest absolute Gasteiger partial charge is 0.356 e. The first-order valence-corrected chi connectivity index (χ1v) is 11.2. The fraction of sp³-hybridized carbons (Fsp3) is 0.333. The second-order valence-electron chi connectivity index (χ2n) is 6.75. The van der Waals surface area contributed by atoms with E-state index in [0.29, 0.717) is 41.2 Å². The number of hydrogen-bond donors (Lipinski definition) is 0. The Kier molecular flexibility index (Phi) is 9.88. The lowest BCUT2D eigenvalue weighted by Gasteiger charge is -2.12. The lowest BCUT2D eigenvalue weighted by molar-refractivity contribution is 0.0504. The number of esters is 2. The van der Waals surface area contributed by atoms with Crippen molar-refractivity contribution >= 4 is 47.3 Å². The molecule has 172 valence electrons. The first-order valence-electron chi connectivity index (χ1n) is 10.4. The molecular weight excluding hydrogens is 451 g/mol. The van der Waals surface area contributed by atoms with Crippen molar-refractivity contribution in [2.24, 2.45) is 0 Å². The summed E-state index contributed by atoms with van der Waals surface area (Å²) in [7, 11) is 0. The second-order valence-corrected chi connectivity index (χ2v) is 7.56. The van der Waals surface area contributed by atoms with Gasteiger partial charge < -0.3 is 18.6 Å². The number of ether oxygens (including phenoxy) is 2. The van der Waals surface area contributed by atoms with E-state index in [4.69, 9.17) is 32.7 Å². The molecule has 0 aliphatic carbocycles. The summed E-state index contributed by atoms with van der Waals surface area (Å²) in [4.78, 5) is 23.4. The average molecular weight is 479 g/mol. The minimum absolute atomic E-state index is 0.325. The van der Waals surface area contributed by atoms with E-state index in [1.165, 1.54) is 0 Å². The standard InChI is InChI=1S/C13H16ClNO2.C11H12ClNO2/c1-4-7-8-15-10(5-2)9-11(14)12(15)13(16)17-6-3;1-2-15-11(14)10-9(12)7-8-5-3-4-6-13(8)10/h4-5,9H,1-2,6-8H2,3H3;3,5,7H,2,4,6H2,1H3. The van der Waals surface area contributed by atoms with Crippen LogP contribution in [0, 0.1) is 0 Å². The fourth-order valence-corrected chi connectivity index (χ4v) is 3.88. The number of rotatable bonds is 8. The van der Waals surface area contributed by atoms with Crippen LogP contribution >= 0.6 is 23.2 Å². The molecule has 1 aliphatic rings. The SMILES string of the molecule is C=CCCn1c(C=C)cc(Cl)c1C(=O)OCC.CCOC(=O)c1c(Cl)cc2n1CCC=C2. The Morgan fingerprint density at radius 3 is 2.28 bits per heavy atom. The first-order chi connectivity index (χ1) is 15.4. The highest BCUT2D eigenvalue weighted by molar-refractivity contribution is 6.34. The van der Waals surface area contributed by atoms with Crippen LogP contribution in [-0.2, 0) is 22.6 Å². The van der Waals surface area contributed by atoms with Crippen molar-refractivity contribution < 1.29 is 19.1 Å². The maximum absolute atomic E-state index is 11.8. The summed E-state index contributed by atoms with van der Waals surface area (Å²) in [6.07, 6.45) is 9.16. The summed E-state index contributed by atoms with van der Waals surface area (Å²) in [5.41, 5.74) is 2.62. The van der Waals surface area contributed by atoms with Gasteiger partial charge in [-0.05, 0) is 51.0 Å². The molecule has 8 heteroatoms. The zero-order chi connectivity index (χ0) is 23.7. The van der Waals surface area contributed by atoms with E-state index in [0.717, 1.165) is 30.8 Å². The molecule has 0 bridgehead atoms. The van der Waals surface area contributed by atoms with Gasteiger partial charge in [0.25, 0.3) is 0 Å². The van der Waals surface area contributed by atoms with Gasteiger partial charge >= 0.3 is 11.9 Å². The predicted molar refractivity (Wildman–Crippen MR) is 129 cm³/mol. The van der Waals surface area contributed by atoms with Gasteiger partial charge in [0.15, 0.2) is 0 Å². The summed E-state index contributed by atoms with van der Waals surface area (Å²) in [5.74, 6) is -0.751. The molecule has 0 saturated carbocycles. The minimum atomic E-state index is -0.408. The molecule has 2 aromatic heterocycles. The molecule has 2 aromatic rings. The molecule has 0 saturated heterocycles. The topological polar surface area (TPSA) is 62.5 Å². The molecule has 3 rings (SSSR count). The lowest BCUT2D eigenvalue weighted by atomic mass is 10.2. The van der Waals surface area contributed by atoms with Gasteiger partial charge in [-0.2, -0.15) is 0 Å². The molecule has 0 atom stereocenters.